The molecule has 4 heterocycles. The molecule has 1 amide bonds. The monoisotopic (exact) mass is 466 g/mol. The Balaban J connectivity index is 1.23. The number of fused-ring (bicyclic) bond motifs is 1. The molecule has 0 saturated carbocycles. The van der Waals surface area contributed by atoms with E-state index >= 15 is 0 Å². The van der Waals surface area contributed by atoms with Gasteiger partial charge in [0, 0.05) is 12.2 Å². The Bertz CT molecular complexity index is 1290. The topological polar surface area (TPSA) is 106 Å². The summed E-state index contributed by atoms with van der Waals surface area (Å²) in [6, 6.07) is 13.0. The van der Waals surface area contributed by atoms with Gasteiger partial charge in [0.1, 0.15) is 17.1 Å². The van der Waals surface area contributed by atoms with Gasteiger partial charge in [-0.3, -0.25) is 4.79 Å². The lowest BCUT2D eigenvalue weighted by Gasteiger charge is -2.00. The quantitative estimate of drug-likeness (QED) is 0.284. The average Bonchev–Trinajstić information content (AvgIpc) is 3.59. The minimum atomic E-state index is -0.104. The van der Waals surface area contributed by atoms with Crippen LogP contribution in [0.4, 0.5) is 5.13 Å². The van der Waals surface area contributed by atoms with Crippen LogP contribution in [0.1, 0.15) is 6.42 Å². The van der Waals surface area contributed by atoms with E-state index in [1.807, 2.05) is 42.5 Å². The zero-order chi connectivity index (χ0) is 21.9. The number of carbonyl (C=O) groups excluding carboxylic acids is 1. The SMILES string of the molecule is COc1ccc2nc(NC(=O)CCSc3nc(-c4ccco4)c(-c4ccco4)[nH]3)sc2c1. The highest BCUT2D eigenvalue weighted by Gasteiger charge is 2.18. The van der Waals surface area contributed by atoms with Crippen molar-refractivity contribution in [3.8, 4) is 28.7 Å². The minimum absolute atomic E-state index is 0.104. The number of anilines is 1. The van der Waals surface area contributed by atoms with E-state index in [4.69, 9.17) is 13.6 Å². The van der Waals surface area contributed by atoms with Crippen molar-refractivity contribution in [3.63, 3.8) is 0 Å². The van der Waals surface area contributed by atoms with E-state index in [1.54, 1.807) is 19.6 Å². The Labute approximate surface area is 191 Å². The van der Waals surface area contributed by atoms with Crippen molar-refractivity contribution in [2.75, 3.05) is 18.2 Å². The third-order valence-corrected chi connectivity index (χ3v) is 6.42. The van der Waals surface area contributed by atoms with Gasteiger partial charge in [0.15, 0.2) is 21.8 Å². The molecule has 4 aromatic heterocycles. The van der Waals surface area contributed by atoms with Crippen molar-refractivity contribution in [1.29, 1.82) is 0 Å². The molecule has 0 aliphatic rings. The number of aromatic amines is 1. The van der Waals surface area contributed by atoms with Crippen molar-refractivity contribution in [1.82, 2.24) is 15.0 Å². The number of carbonyl (C=O) groups is 1. The first-order chi connectivity index (χ1) is 15.7. The maximum absolute atomic E-state index is 12.4. The zero-order valence-corrected chi connectivity index (χ0v) is 18.6. The van der Waals surface area contributed by atoms with E-state index in [0.717, 1.165) is 21.7 Å². The van der Waals surface area contributed by atoms with Crippen LogP contribution >= 0.6 is 23.1 Å². The molecule has 0 aliphatic carbocycles. The Hall–Kier alpha value is -3.50. The first-order valence-electron chi connectivity index (χ1n) is 9.74. The number of ether oxygens (including phenoxy) is 1. The van der Waals surface area contributed by atoms with Crippen LogP contribution < -0.4 is 10.1 Å². The number of aromatic nitrogens is 3. The molecule has 5 rings (SSSR count). The number of thioether (sulfide) groups is 1. The number of H-pyrrole nitrogens is 1. The van der Waals surface area contributed by atoms with Gasteiger partial charge in [0.25, 0.3) is 0 Å². The van der Waals surface area contributed by atoms with E-state index in [1.165, 1.54) is 23.1 Å². The van der Waals surface area contributed by atoms with Crippen molar-refractivity contribution in [2.45, 2.75) is 11.6 Å². The van der Waals surface area contributed by atoms with Crippen LogP contribution in [0, 0.1) is 0 Å². The van der Waals surface area contributed by atoms with Gasteiger partial charge in [0.05, 0.1) is 29.9 Å². The van der Waals surface area contributed by atoms with Crippen LogP contribution in [-0.2, 0) is 4.79 Å². The van der Waals surface area contributed by atoms with Crippen LogP contribution in [0.2, 0.25) is 0 Å². The second-order valence-electron chi connectivity index (χ2n) is 6.72. The molecule has 0 fully saturated rings. The summed E-state index contributed by atoms with van der Waals surface area (Å²) >= 11 is 2.87. The van der Waals surface area contributed by atoms with Crippen molar-refractivity contribution < 1.29 is 18.4 Å². The Morgan fingerprint density at radius 3 is 2.72 bits per heavy atom. The molecule has 0 radical (unpaired) electrons. The standard InChI is InChI=1S/C22H18N4O4S2/c1-28-13-6-7-14-17(12-13)32-22(23-14)24-18(27)8-11-31-21-25-19(15-4-2-9-29-15)20(26-21)16-5-3-10-30-16/h2-7,9-10,12H,8,11H2,1H3,(H,25,26)(H,23,24,27). The summed E-state index contributed by atoms with van der Waals surface area (Å²) in [6.07, 6.45) is 3.53. The maximum Gasteiger partial charge on any atom is 0.226 e. The lowest BCUT2D eigenvalue weighted by Crippen LogP contribution is -2.11. The molecule has 10 heteroatoms. The molecule has 0 saturated heterocycles. The van der Waals surface area contributed by atoms with Gasteiger partial charge in [0.2, 0.25) is 5.91 Å². The number of nitrogens with one attached hydrogen (secondary N) is 2. The summed E-state index contributed by atoms with van der Waals surface area (Å²) in [4.78, 5) is 24.8. The number of thiazole rings is 1. The number of methoxy groups -OCH3 is 1. The molecular formula is C22H18N4O4S2. The molecule has 0 aliphatic heterocycles. The fraction of sp³-hybridized carbons (Fsp3) is 0.136. The fourth-order valence-corrected chi connectivity index (χ4v) is 4.84. The third kappa shape index (κ3) is 4.27. The lowest BCUT2D eigenvalue weighted by molar-refractivity contribution is -0.115. The van der Waals surface area contributed by atoms with Gasteiger partial charge in [-0.15, -0.1) is 0 Å². The van der Waals surface area contributed by atoms with Gasteiger partial charge in [-0.25, -0.2) is 9.97 Å². The molecule has 0 bridgehead atoms. The van der Waals surface area contributed by atoms with Crippen LogP contribution in [0.3, 0.4) is 0 Å². The second-order valence-corrected chi connectivity index (χ2v) is 8.83. The highest BCUT2D eigenvalue weighted by molar-refractivity contribution is 7.99. The van der Waals surface area contributed by atoms with Gasteiger partial charge < -0.3 is 23.9 Å². The normalized spacial score (nSPS) is 11.2. The molecule has 0 unspecified atom stereocenters. The molecule has 32 heavy (non-hydrogen) atoms. The Morgan fingerprint density at radius 1 is 1.16 bits per heavy atom. The number of imidazole rings is 1. The van der Waals surface area contributed by atoms with E-state index in [2.05, 4.69) is 20.3 Å². The number of rotatable bonds is 8. The van der Waals surface area contributed by atoms with Crippen molar-refractivity contribution >= 4 is 44.4 Å². The predicted octanol–water partition coefficient (Wildman–Crippen LogP) is 5.67. The summed E-state index contributed by atoms with van der Waals surface area (Å²) < 4.78 is 17.2. The van der Waals surface area contributed by atoms with Crippen LogP contribution in [0.5, 0.6) is 5.75 Å². The van der Waals surface area contributed by atoms with Gasteiger partial charge in [-0.2, -0.15) is 0 Å². The Morgan fingerprint density at radius 2 is 1.97 bits per heavy atom. The summed E-state index contributed by atoms with van der Waals surface area (Å²) in [5.74, 6) is 2.52. The van der Waals surface area contributed by atoms with Crippen molar-refractivity contribution in [3.05, 3.63) is 55.0 Å². The highest BCUT2D eigenvalue weighted by atomic mass is 32.2. The second kappa shape index (κ2) is 8.93. The highest BCUT2D eigenvalue weighted by Crippen LogP contribution is 2.33. The fourth-order valence-electron chi connectivity index (χ4n) is 3.12. The molecule has 0 atom stereocenters. The summed E-state index contributed by atoms with van der Waals surface area (Å²) in [5.41, 5.74) is 2.23. The molecule has 0 spiro atoms. The lowest BCUT2D eigenvalue weighted by atomic mass is 10.2. The van der Waals surface area contributed by atoms with E-state index in [0.29, 0.717) is 39.7 Å². The van der Waals surface area contributed by atoms with E-state index in [9.17, 15) is 4.79 Å². The number of nitrogens with zero attached hydrogens (tertiary/aromatic N) is 2. The molecule has 162 valence electrons. The largest absolute Gasteiger partial charge is 0.497 e. The smallest absolute Gasteiger partial charge is 0.226 e. The maximum atomic E-state index is 12.4. The number of hydrogen-bond acceptors (Lipinski definition) is 8. The summed E-state index contributed by atoms with van der Waals surface area (Å²) in [5, 5.41) is 4.12. The van der Waals surface area contributed by atoms with Gasteiger partial charge in [-0.1, -0.05) is 23.1 Å². The van der Waals surface area contributed by atoms with Crippen molar-refractivity contribution in [2.24, 2.45) is 0 Å². The number of benzene rings is 1. The molecule has 1 aromatic carbocycles. The summed E-state index contributed by atoms with van der Waals surface area (Å²) in [7, 11) is 1.62. The number of furan rings is 2. The molecule has 2 N–H and O–H groups in total. The van der Waals surface area contributed by atoms with Gasteiger partial charge >= 0.3 is 0 Å². The van der Waals surface area contributed by atoms with Crippen LogP contribution in [0.25, 0.3) is 33.1 Å². The third-order valence-electron chi connectivity index (χ3n) is 4.61. The first-order valence-corrected chi connectivity index (χ1v) is 11.5. The summed E-state index contributed by atoms with van der Waals surface area (Å²) in [6.45, 7) is 0. The molecule has 5 aromatic rings. The number of hydrogen-bond donors (Lipinski definition) is 2. The number of amides is 1. The van der Waals surface area contributed by atoms with E-state index in [-0.39, 0.29) is 5.91 Å². The first kappa shape index (κ1) is 20.4. The average molecular weight is 467 g/mol. The van der Waals surface area contributed by atoms with Crippen LogP contribution in [0.15, 0.2) is 69.0 Å². The molecular weight excluding hydrogens is 448 g/mol. The predicted molar refractivity (Wildman–Crippen MR) is 124 cm³/mol. The Kier molecular flexibility index (Phi) is 5.70. The molecule has 8 nitrogen and oxygen atoms in total. The minimum Gasteiger partial charge on any atom is -0.497 e. The van der Waals surface area contributed by atoms with E-state index < -0.39 is 0 Å². The van der Waals surface area contributed by atoms with Crippen LogP contribution in [-0.4, -0.2) is 33.7 Å². The van der Waals surface area contributed by atoms with Gasteiger partial charge in [-0.05, 0) is 42.5 Å². The zero-order valence-electron chi connectivity index (χ0n) is 17.0.